The van der Waals surface area contributed by atoms with Gasteiger partial charge in [0.15, 0.2) is 0 Å². The normalized spacial score (nSPS) is 19.5. The lowest BCUT2D eigenvalue weighted by molar-refractivity contribution is 0.0873. The van der Waals surface area contributed by atoms with Crippen molar-refractivity contribution in [3.05, 3.63) is 12.4 Å². The van der Waals surface area contributed by atoms with Gasteiger partial charge < -0.3 is 14.5 Å². The fourth-order valence-corrected chi connectivity index (χ4v) is 1.11. The van der Waals surface area contributed by atoms with Crippen molar-refractivity contribution in [1.29, 1.82) is 0 Å². The minimum Gasteiger partial charge on any atom is -0.380 e. The zero-order chi connectivity index (χ0) is 8.27. The van der Waals surface area contributed by atoms with E-state index in [0.29, 0.717) is 6.10 Å². The second-order valence-electron chi connectivity index (χ2n) is 3.01. The van der Waals surface area contributed by atoms with Crippen LogP contribution in [-0.2, 0) is 4.74 Å². The molecule has 0 aromatic carbocycles. The molecule has 0 radical (unpaired) electrons. The molecule has 1 atom stereocenters. The van der Waals surface area contributed by atoms with Crippen LogP contribution in [0, 0.1) is 0 Å². The van der Waals surface area contributed by atoms with E-state index in [4.69, 9.17) is 4.74 Å². The molecule has 0 N–H and O–H groups in total. The molecule has 64 valence electrons. The van der Waals surface area contributed by atoms with E-state index in [1.54, 1.807) is 7.11 Å². The van der Waals surface area contributed by atoms with Crippen LogP contribution in [0.5, 0.6) is 0 Å². The molecule has 0 amide bonds. The molecule has 1 aliphatic rings. The summed E-state index contributed by atoms with van der Waals surface area (Å²) in [5.41, 5.74) is 0. The summed E-state index contributed by atoms with van der Waals surface area (Å²) in [6.45, 7) is 4.03. The first-order valence-corrected chi connectivity index (χ1v) is 3.88. The summed E-state index contributed by atoms with van der Waals surface area (Å²) in [4.78, 5) is 4.37. The van der Waals surface area contributed by atoms with E-state index in [9.17, 15) is 0 Å². The van der Waals surface area contributed by atoms with Gasteiger partial charge in [-0.2, -0.15) is 0 Å². The molecule has 1 aliphatic heterocycles. The van der Waals surface area contributed by atoms with Crippen molar-refractivity contribution in [1.82, 2.24) is 9.80 Å². The Kier molecular flexibility index (Phi) is 2.76. The third-order valence-corrected chi connectivity index (χ3v) is 1.83. The Balaban J connectivity index is 2.24. The van der Waals surface area contributed by atoms with Gasteiger partial charge in [-0.05, 0) is 6.92 Å². The van der Waals surface area contributed by atoms with E-state index in [-0.39, 0.29) is 0 Å². The van der Waals surface area contributed by atoms with Gasteiger partial charge in [0.2, 0.25) is 0 Å². The van der Waals surface area contributed by atoms with Crippen LogP contribution in [0.25, 0.3) is 0 Å². The topological polar surface area (TPSA) is 15.7 Å². The fraction of sp³-hybridized carbons (Fsp3) is 0.750. The maximum atomic E-state index is 5.15. The summed E-state index contributed by atoms with van der Waals surface area (Å²) < 4.78 is 5.15. The summed E-state index contributed by atoms with van der Waals surface area (Å²) >= 11 is 0. The average molecular weight is 156 g/mol. The molecule has 0 saturated carbocycles. The van der Waals surface area contributed by atoms with Gasteiger partial charge in [-0.1, -0.05) is 0 Å². The van der Waals surface area contributed by atoms with Crippen molar-refractivity contribution >= 4 is 0 Å². The molecular weight excluding hydrogens is 140 g/mol. The number of rotatable bonds is 3. The molecule has 0 spiro atoms. The van der Waals surface area contributed by atoms with Gasteiger partial charge >= 0.3 is 0 Å². The summed E-state index contributed by atoms with van der Waals surface area (Å²) in [7, 11) is 3.81. The lowest BCUT2D eigenvalue weighted by Crippen LogP contribution is -2.29. The van der Waals surface area contributed by atoms with Crippen LogP contribution in [0.1, 0.15) is 6.92 Å². The van der Waals surface area contributed by atoms with Gasteiger partial charge in [-0.3, -0.25) is 0 Å². The summed E-state index contributed by atoms with van der Waals surface area (Å²) in [6.07, 6.45) is 4.48. The predicted molar refractivity (Wildman–Crippen MR) is 44.9 cm³/mol. The second-order valence-corrected chi connectivity index (χ2v) is 3.01. The minimum absolute atomic E-state index is 0.311. The molecular formula is C8H16N2O. The van der Waals surface area contributed by atoms with E-state index in [0.717, 1.165) is 13.2 Å². The van der Waals surface area contributed by atoms with Crippen LogP contribution >= 0.6 is 0 Å². The Morgan fingerprint density at radius 2 is 2.27 bits per heavy atom. The highest BCUT2D eigenvalue weighted by Crippen LogP contribution is 2.04. The zero-order valence-electron chi connectivity index (χ0n) is 7.45. The predicted octanol–water partition coefficient (Wildman–Crippen LogP) is 0.697. The van der Waals surface area contributed by atoms with Gasteiger partial charge in [0.05, 0.1) is 12.8 Å². The van der Waals surface area contributed by atoms with Crippen LogP contribution in [0.3, 0.4) is 0 Å². The lowest BCUT2D eigenvalue weighted by atomic mass is 10.4. The SMILES string of the molecule is CO[C@@H](C)CN1C=CN(C)C1. The van der Waals surface area contributed by atoms with Crippen molar-refractivity contribution in [2.45, 2.75) is 13.0 Å². The molecule has 0 fully saturated rings. The standard InChI is InChI=1S/C8H16N2O/c1-8(11-3)6-10-5-4-9(2)7-10/h4-5,8H,6-7H2,1-3H3/t8-/m0/s1. The maximum Gasteiger partial charge on any atom is 0.0891 e. The lowest BCUT2D eigenvalue weighted by Gasteiger charge is -2.21. The average Bonchev–Trinajstić information content (AvgIpc) is 2.35. The van der Waals surface area contributed by atoms with Crippen LogP contribution in [0.4, 0.5) is 0 Å². The van der Waals surface area contributed by atoms with Crippen molar-refractivity contribution in [2.75, 3.05) is 27.4 Å². The Morgan fingerprint density at radius 3 is 2.73 bits per heavy atom. The third kappa shape index (κ3) is 2.42. The van der Waals surface area contributed by atoms with E-state index in [2.05, 4.69) is 36.2 Å². The largest absolute Gasteiger partial charge is 0.380 e. The first kappa shape index (κ1) is 8.40. The van der Waals surface area contributed by atoms with Gasteiger partial charge in [-0.25, -0.2) is 0 Å². The number of hydrogen-bond donors (Lipinski definition) is 0. The highest BCUT2D eigenvalue weighted by Gasteiger charge is 2.10. The smallest absolute Gasteiger partial charge is 0.0891 e. The molecule has 0 unspecified atom stereocenters. The first-order chi connectivity index (χ1) is 5.22. The van der Waals surface area contributed by atoms with Crippen LogP contribution in [-0.4, -0.2) is 43.3 Å². The number of nitrogens with zero attached hydrogens (tertiary/aromatic N) is 2. The maximum absolute atomic E-state index is 5.15. The van der Waals surface area contributed by atoms with E-state index in [1.165, 1.54) is 0 Å². The van der Waals surface area contributed by atoms with E-state index < -0.39 is 0 Å². The van der Waals surface area contributed by atoms with Crippen LogP contribution in [0.2, 0.25) is 0 Å². The second kappa shape index (κ2) is 3.62. The Labute approximate surface area is 68.2 Å². The molecule has 0 saturated heterocycles. The van der Waals surface area contributed by atoms with Gasteiger partial charge in [0, 0.05) is 33.1 Å². The van der Waals surface area contributed by atoms with Crippen molar-refractivity contribution < 1.29 is 4.74 Å². The molecule has 1 rings (SSSR count). The van der Waals surface area contributed by atoms with E-state index in [1.807, 2.05) is 0 Å². The fourth-order valence-electron chi connectivity index (χ4n) is 1.11. The number of hydrogen-bond acceptors (Lipinski definition) is 3. The molecule has 3 nitrogen and oxygen atoms in total. The van der Waals surface area contributed by atoms with Crippen molar-refractivity contribution in [2.24, 2.45) is 0 Å². The minimum atomic E-state index is 0.311. The Bertz CT molecular complexity index is 147. The summed E-state index contributed by atoms with van der Waals surface area (Å²) in [5.74, 6) is 0. The molecule has 11 heavy (non-hydrogen) atoms. The zero-order valence-corrected chi connectivity index (χ0v) is 7.45. The molecule has 0 aliphatic carbocycles. The number of ether oxygens (including phenoxy) is 1. The highest BCUT2D eigenvalue weighted by atomic mass is 16.5. The first-order valence-electron chi connectivity index (χ1n) is 3.88. The summed E-state index contributed by atoms with van der Waals surface area (Å²) in [6, 6.07) is 0. The Hall–Kier alpha value is -0.700. The highest BCUT2D eigenvalue weighted by molar-refractivity contribution is 4.89. The molecule has 1 heterocycles. The number of methoxy groups -OCH3 is 1. The van der Waals surface area contributed by atoms with E-state index >= 15 is 0 Å². The van der Waals surface area contributed by atoms with Crippen LogP contribution in [0.15, 0.2) is 12.4 Å². The third-order valence-electron chi connectivity index (χ3n) is 1.83. The molecule has 0 aromatic rings. The monoisotopic (exact) mass is 156 g/mol. The Morgan fingerprint density at radius 1 is 1.55 bits per heavy atom. The van der Waals surface area contributed by atoms with Gasteiger partial charge in [-0.15, -0.1) is 0 Å². The molecule has 0 aromatic heterocycles. The quantitative estimate of drug-likeness (QED) is 0.598. The van der Waals surface area contributed by atoms with Gasteiger partial charge in [0.25, 0.3) is 0 Å². The van der Waals surface area contributed by atoms with Crippen LogP contribution < -0.4 is 0 Å². The van der Waals surface area contributed by atoms with Crippen molar-refractivity contribution in [3.63, 3.8) is 0 Å². The molecule has 0 bridgehead atoms. The summed E-state index contributed by atoms with van der Waals surface area (Å²) in [5, 5.41) is 0. The van der Waals surface area contributed by atoms with Crippen molar-refractivity contribution in [3.8, 4) is 0 Å². The molecule has 3 heteroatoms. The van der Waals surface area contributed by atoms with Gasteiger partial charge in [0.1, 0.15) is 0 Å².